The Morgan fingerprint density at radius 1 is 1.32 bits per heavy atom. The average Bonchev–Trinajstić information content (AvgIpc) is 3.06. The Balaban J connectivity index is 1.36. The van der Waals surface area contributed by atoms with Gasteiger partial charge in [0.05, 0.1) is 9.72 Å². The summed E-state index contributed by atoms with van der Waals surface area (Å²) >= 11 is 7.65. The number of rotatable bonds is 3. The summed E-state index contributed by atoms with van der Waals surface area (Å²) in [7, 11) is 0. The first-order chi connectivity index (χ1) is 12.2. The van der Waals surface area contributed by atoms with Crippen molar-refractivity contribution in [1.82, 2.24) is 9.88 Å². The van der Waals surface area contributed by atoms with E-state index in [1.165, 1.54) is 17.6 Å². The molecule has 6 nitrogen and oxygen atoms in total. The topological polar surface area (TPSA) is 60.9 Å². The van der Waals surface area contributed by atoms with Crippen LogP contribution in [0.15, 0.2) is 30.2 Å². The summed E-state index contributed by atoms with van der Waals surface area (Å²) in [5, 5.41) is 1.26. The Kier molecular flexibility index (Phi) is 4.67. The molecule has 1 saturated heterocycles. The van der Waals surface area contributed by atoms with Crippen molar-refractivity contribution in [3.63, 3.8) is 0 Å². The second kappa shape index (κ2) is 7.09. The third-order valence-corrected chi connectivity index (χ3v) is 5.42. The average molecular weight is 381 g/mol. The molecule has 1 fully saturated rings. The Bertz CT molecular complexity index is 814. The molecule has 1 amide bonds. The Hall–Kier alpha value is -1.99. The standard InChI is InChI=1S/C17H17ClN2O4S/c18-12-2-1-3-14-15(12)19-17(25-14)24-11-4-6-20(7-5-11)16(21)13-10-22-8-9-23-13/h1-3,10-11H,4-9H2. The van der Waals surface area contributed by atoms with E-state index in [-0.39, 0.29) is 17.8 Å². The van der Waals surface area contributed by atoms with Gasteiger partial charge in [0, 0.05) is 25.9 Å². The predicted molar refractivity (Wildman–Crippen MR) is 94.8 cm³/mol. The van der Waals surface area contributed by atoms with Crippen LogP contribution in [0, 0.1) is 0 Å². The first-order valence-electron chi connectivity index (χ1n) is 8.16. The van der Waals surface area contributed by atoms with Gasteiger partial charge in [0.2, 0.25) is 5.76 Å². The van der Waals surface area contributed by atoms with Crippen LogP contribution in [0.4, 0.5) is 0 Å². The van der Waals surface area contributed by atoms with E-state index in [0.29, 0.717) is 36.5 Å². The number of likely N-dealkylation sites (tertiary alicyclic amines) is 1. The van der Waals surface area contributed by atoms with E-state index in [1.54, 1.807) is 4.90 Å². The zero-order chi connectivity index (χ0) is 17.2. The van der Waals surface area contributed by atoms with Gasteiger partial charge < -0.3 is 19.1 Å². The number of para-hydroxylation sites is 1. The molecule has 0 radical (unpaired) electrons. The number of hydrogen-bond acceptors (Lipinski definition) is 6. The molecule has 3 heterocycles. The number of aromatic nitrogens is 1. The van der Waals surface area contributed by atoms with Crippen LogP contribution in [0.25, 0.3) is 10.2 Å². The maximum Gasteiger partial charge on any atom is 0.292 e. The lowest BCUT2D eigenvalue weighted by Gasteiger charge is -2.32. The largest absolute Gasteiger partial charge is 0.494 e. The first kappa shape index (κ1) is 16.5. The second-order valence-electron chi connectivity index (χ2n) is 5.88. The van der Waals surface area contributed by atoms with Gasteiger partial charge in [-0.05, 0) is 12.1 Å². The van der Waals surface area contributed by atoms with Crippen molar-refractivity contribution in [1.29, 1.82) is 0 Å². The number of halogens is 1. The molecule has 0 N–H and O–H groups in total. The third kappa shape index (κ3) is 3.52. The number of benzene rings is 1. The van der Waals surface area contributed by atoms with Gasteiger partial charge in [0.25, 0.3) is 11.1 Å². The van der Waals surface area contributed by atoms with E-state index in [2.05, 4.69) is 4.98 Å². The molecule has 0 atom stereocenters. The number of fused-ring (bicyclic) bond motifs is 1. The molecular weight excluding hydrogens is 364 g/mol. The molecule has 0 aliphatic carbocycles. The van der Waals surface area contributed by atoms with Gasteiger partial charge >= 0.3 is 0 Å². The molecule has 0 saturated carbocycles. The smallest absolute Gasteiger partial charge is 0.292 e. The minimum atomic E-state index is -0.120. The number of carbonyl (C=O) groups is 1. The minimum Gasteiger partial charge on any atom is -0.494 e. The minimum absolute atomic E-state index is 0.0425. The van der Waals surface area contributed by atoms with Gasteiger partial charge in [-0.1, -0.05) is 29.0 Å². The molecular formula is C17H17ClN2O4S. The van der Waals surface area contributed by atoms with Crippen LogP contribution >= 0.6 is 22.9 Å². The van der Waals surface area contributed by atoms with Crippen LogP contribution in [0.1, 0.15) is 12.8 Å². The number of amides is 1. The van der Waals surface area contributed by atoms with E-state index >= 15 is 0 Å². The second-order valence-corrected chi connectivity index (χ2v) is 7.28. The van der Waals surface area contributed by atoms with Crippen LogP contribution in [-0.2, 0) is 14.3 Å². The number of thiazole rings is 1. The summed E-state index contributed by atoms with van der Waals surface area (Å²) in [6.07, 6.45) is 2.95. The maximum absolute atomic E-state index is 12.4. The highest BCUT2D eigenvalue weighted by atomic mass is 35.5. The number of carbonyl (C=O) groups excluding carboxylic acids is 1. The summed E-state index contributed by atoms with van der Waals surface area (Å²) < 4.78 is 17.5. The van der Waals surface area contributed by atoms with E-state index < -0.39 is 0 Å². The lowest BCUT2D eigenvalue weighted by molar-refractivity contribution is -0.134. The highest BCUT2D eigenvalue weighted by Crippen LogP contribution is 2.33. The third-order valence-electron chi connectivity index (χ3n) is 4.21. The van der Waals surface area contributed by atoms with Crippen LogP contribution in [-0.4, -0.2) is 48.2 Å². The van der Waals surface area contributed by atoms with Gasteiger partial charge in [-0.15, -0.1) is 0 Å². The molecule has 25 heavy (non-hydrogen) atoms. The quantitative estimate of drug-likeness (QED) is 0.818. The van der Waals surface area contributed by atoms with Crippen LogP contribution < -0.4 is 4.74 Å². The van der Waals surface area contributed by atoms with Crippen molar-refractivity contribution in [2.75, 3.05) is 26.3 Å². The highest BCUT2D eigenvalue weighted by Gasteiger charge is 2.28. The van der Waals surface area contributed by atoms with Crippen molar-refractivity contribution < 1.29 is 19.0 Å². The van der Waals surface area contributed by atoms with E-state index in [0.717, 1.165) is 23.1 Å². The van der Waals surface area contributed by atoms with Gasteiger partial charge in [-0.25, -0.2) is 4.98 Å². The van der Waals surface area contributed by atoms with E-state index in [9.17, 15) is 4.79 Å². The number of nitrogens with zero attached hydrogens (tertiary/aromatic N) is 2. The van der Waals surface area contributed by atoms with Crippen molar-refractivity contribution in [3.8, 4) is 5.19 Å². The van der Waals surface area contributed by atoms with Crippen LogP contribution in [0.3, 0.4) is 0 Å². The van der Waals surface area contributed by atoms with Gasteiger partial charge in [-0.2, -0.15) is 0 Å². The molecule has 2 aliphatic rings. The zero-order valence-corrected chi connectivity index (χ0v) is 15.0. The van der Waals surface area contributed by atoms with Crippen molar-refractivity contribution >= 4 is 39.1 Å². The molecule has 1 aromatic carbocycles. The van der Waals surface area contributed by atoms with Crippen molar-refractivity contribution in [2.45, 2.75) is 18.9 Å². The number of hydrogen-bond donors (Lipinski definition) is 0. The molecule has 0 unspecified atom stereocenters. The Morgan fingerprint density at radius 3 is 2.88 bits per heavy atom. The molecule has 2 aromatic rings. The maximum atomic E-state index is 12.4. The molecule has 132 valence electrons. The fourth-order valence-electron chi connectivity index (χ4n) is 2.90. The Morgan fingerprint density at radius 2 is 2.16 bits per heavy atom. The molecule has 4 rings (SSSR count). The van der Waals surface area contributed by atoms with Gasteiger partial charge in [0.15, 0.2) is 0 Å². The molecule has 0 spiro atoms. The van der Waals surface area contributed by atoms with E-state index in [1.807, 2.05) is 18.2 Å². The van der Waals surface area contributed by atoms with Gasteiger partial charge in [0.1, 0.15) is 31.1 Å². The lowest BCUT2D eigenvalue weighted by Crippen LogP contribution is -2.43. The Labute approximate surface area is 153 Å². The van der Waals surface area contributed by atoms with E-state index in [4.69, 9.17) is 25.8 Å². The molecule has 8 heteroatoms. The van der Waals surface area contributed by atoms with Crippen LogP contribution in [0.5, 0.6) is 5.19 Å². The highest BCUT2D eigenvalue weighted by molar-refractivity contribution is 7.20. The SMILES string of the molecule is O=C(C1=COCCO1)N1CCC(Oc2nc3c(Cl)cccc3s2)CC1. The summed E-state index contributed by atoms with van der Waals surface area (Å²) in [6.45, 7) is 2.14. The molecule has 2 aliphatic heterocycles. The monoisotopic (exact) mass is 380 g/mol. The summed E-state index contributed by atoms with van der Waals surface area (Å²) in [5.74, 6) is 0.163. The van der Waals surface area contributed by atoms with Crippen LogP contribution in [0.2, 0.25) is 5.02 Å². The molecule has 0 bridgehead atoms. The lowest BCUT2D eigenvalue weighted by atomic mass is 10.1. The summed E-state index contributed by atoms with van der Waals surface area (Å²) in [6, 6.07) is 5.71. The summed E-state index contributed by atoms with van der Waals surface area (Å²) in [4.78, 5) is 18.6. The van der Waals surface area contributed by atoms with Gasteiger partial charge in [-0.3, -0.25) is 4.79 Å². The van der Waals surface area contributed by atoms with Crippen molar-refractivity contribution in [3.05, 3.63) is 35.2 Å². The number of piperidine rings is 1. The first-order valence-corrected chi connectivity index (χ1v) is 9.36. The molecule has 1 aromatic heterocycles. The normalized spacial score (nSPS) is 18.4. The van der Waals surface area contributed by atoms with Crippen molar-refractivity contribution in [2.24, 2.45) is 0 Å². The zero-order valence-electron chi connectivity index (χ0n) is 13.4. The fourth-order valence-corrected chi connectivity index (χ4v) is 4.08. The number of ether oxygens (including phenoxy) is 3. The summed E-state index contributed by atoms with van der Waals surface area (Å²) in [5.41, 5.74) is 0.776. The predicted octanol–water partition coefficient (Wildman–Crippen LogP) is 3.21. The fraction of sp³-hybridized carbons (Fsp3) is 0.412.